The number of nitrogens with zero attached hydrogens (tertiary/aromatic N) is 3. The molecule has 0 aliphatic carbocycles. The van der Waals surface area contributed by atoms with Gasteiger partial charge in [0.05, 0.1) is 10.7 Å². The van der Waals surface area contributed by atoms with E-state index >= 15 is 0 Å². The second-order valence-electron chi connectivity index (χ2n) is 3.98. The van der Waals surface area contributed by atoms with Crippen molar-refractivity contribution in [3.05, 3.63) is 34.9 Å². The van der Waals surface area contributed by atoms with Crippen LogP contribution in [0.3, 0.4) is 0 Å². The number of rotatable bonds is 4. The number of halogens is 1. The van der Waals surface area contributed by atoms with Gasteiger partial charge < -0.3 is 9.64 Å². The van der Waals surface area contributed by atoms with E-state index in [1.807, 2.05) is 43.3 Å². The monoisotopic (exact) mass is 323 g/mol. The number of hydrogen-bond donors (Lipinski definition) is 2. The van der Waals surface area contributed by atoms with Crippen molar-refractivity contribution in [2.75, 3.05) is 24.4 Å². The van der Waals surface area contributed by atoms with E-state index in [0.717, 1.165) is 5.69 Å². The van der Waals surface area contributed by atoms with Crippen LogP contribution in [0.4, 0.5) is 11.6 Å². The van der Waals surface area contributed by atoms with Crippen molar-refractivity contribution in [3.8, 4) is 11.6 Å². The third-order valence-electron chi connectivity index (χ3n) is 2.39. The molecule has 19 heavy (non-hydrogen) atoms. The van der Waals surface area contributed by atoms with Crippen molar-refractivity contribution in [1.29, 1.82) is 0 Å². The number of benzene rings is 1. The molecular formula is C12H14BrN5O. The Hall–Kier alpha value is -1.86. The van der Waals surface area contributed by atoms with Crippen LogP contribution in [0.25, 0.3) is 0 Å². The molecule has 2 rings (SSSR count). The van der Waals surface area contributed by atoms with Crippen molar-refractivity contribution in [2.45, 2.75) is 0 Å². The van der Waals surface area contributed by atoms with Gasteiger partial charge >= 0.3 is 0 Å². The van der Waals surface area contributed by atoms with Crippen molar-refractivity contribution < 1.29 is 4.74 Å². The molecule has 1 aromatic carbocycles. The summed E-state index contributed by atoms with van der Waals surface area (Å²) < 4.78 is 6.38. The molecule has 3 N–H and O–H groups in total. The molecule has 100 valence electrons. The molecule has 0 aliphatic rings. The van der Waals surface area contributed by atoms with Crippen LogP contribution in [0.5, 0.6) is 11.6 Å². The zero-order valence-corrected chi connectivity index (χ0v) is 12.2. The van der Waals surface area contributed by atoms with Gasteiger partial charge in [0, 0.05) is 25.8 Å². The fourth-order valence-corrected chi connectivity index (χ4v) is 1.70. The molecule has 0 spiro atoms. The normalized spacial score (nSPS) is 10.1. The van der Waals surface area contributed by atoms with Crippen molar-refractivity contribution in [3.63, 3.8) is 0 Å². The number of nitrogens with one attached hydrogen (secondary N) is 1. The summed E-state index contributed by atoms with van der Waals surface area (Å²) in [4.78, 5) is 10.1. The van der Waals surface area contributed by atoms with Gasteiger partial charge in [-0.2, -0.15) is 4.98 Å². The summed E-state index contributed by atoms with van der Waals surface area (Å²) in [5.41, 5.74) is 3.42. The van der Waals surface area contributed by atoms with Crippen molar-refractivity contribution in [2.24, 2.45) is 5.84 Å². The average molecular weight is 324 g/mol. The van der Waals surface area contributed by atoms with Crippen LogP contribution in [0, 0.1) is 0 Å². The van der Waals surface area contributed by atoms with Crippen LogP contribution in [-0.2, 0) is 0 Å². The van der Waals surface area contributed by atoms with Crippen molar-refractivity contribution in [1.82, 2.24) is 9.97 Å². The molecule has 0 radical (unpaired) electrons. The molecular weight excluding hydrogens is 310 g/mol. The average Bonchev–Trinajstić information content (AvgIpc) is 2.41. The lowest BCUT2D eigenvalue weighted by atomic mass is 10.3. The van der Waals surface area contributed by atoms with Gasteiger partial charge in [0.15, 0.2) is 0 Å². The van der Waals surface area contributed by atoms with Gasteiger partial charge in [0.1, 0.15) is 5.75 Å². The molecule has 0 fully saturated rings. The Kier molecular flexibility index (Phi) is 4.18. The third-order valence-corrected chi connectivity index (χ3v) is 2.93. The highest BCUT2D eigenvalue weighted by molar-refractivity contribution is 9.10. The van der Waals surface area contributed by atoms with E-state index in [4.69, 9.17) is 10.6 Å². The maximum atomic E-state index is 5.72. The predicted octanol–water partition coefficient (Wildman–Crippen LogP) is 2.38. The molecule has 0 aliphatic heterocycles. The van der Waals surface area contributed by atoms with Gasteiger partial charge in [-0.1, -0.05) is 6.07 Å². The van der Waals surface area contributed by atoms with Crippen LogP contribution < -0.4 is 20.9 Å². The Labute approximate surface area is 119 Å². The third kappa shape index (κ3) is 3.33. The highest BCUT2D eigenvalue weighted by Gasteiger charge is 2.08. The minimum Gasteiger partial charge on any atom is -0.438 e. The number of anilines is 2. The molecule has 0 bridgehead atoms. The van der Waals surface area contributed by atoms with Crippen LogP contribution in [-0.4, -0.2) is 24.1 Å². The van der Waals surface area contributed by atoms with Crippen LogP contribution in [0.1, 0.15) is 0 Å². The Morgan fingerprint density at radius 2 is 2.16 bits per heavy atom. The molecule has 0 saturated carbocycles. The standard InChI is InChI=1S/C12H14BrN5O/c1-18(2)8-4-3-5-9(6-8)19-11-10(13)7-15-12(16-11)17-14/h3-7H,14H2,1-2H3,(H,15,16,17). The van der Waals surface area contributed by atoms with Gasteiger partial charge in [-0.15, -0.1) is 0 Å². The molecule has 0 unspecified atom stereocenters. The summed E-state index contributed by atoms with van der Waals surface area (Å²) in [6.07, 6.45) is 1.58. The number of hydrazine groups is 1. The highest BCUT2D eigenvalue weighted by atomic mass is 79.9. The Balaban J connectivity index is 2.28. The maximum Gasteiger partial charge on any atom is 0.240 e. The Bertz CT molecular complexity index is 576. The SMILES string of the molecule is CN(C)c1cccc(Oc2nc(NN)ncc2Br)c1. The van der Waals surface area contributed by atoms with E-state index in [1.54, 1.807) is 6.20 Å². The lowest BCUT2D eigenvalue weighted by Crippen LogP contribution is -2.10. The molecule has 1 aromatic heterocycles. The summed E-state index contributed by atoms with van der Waals surface area (Å²) in [7, 11) is 3.94. The molecule has 0 atom stereocenters. The topological polar surface area (TPSA) is 76.3 Å². The first-order chi connectivity index (χ1) is 9.10. The van der Waals surface area contributed by atoms with E-state index in [-0.39, 0.29) is 0 Å². The van der Waals surface area contributed by atoms with E-state index in [2.05, 4.69) is 31.3 Å². The quantitative estimate of drug-likeness (QED) is 0.664. The van der Waals surface area contributed by atoms with Gasteiger partial charge in [0.25, 0.3) is 0 Å². The van der Waals surface area contributed by atoms with Crippen LogP contribution >= 0.6 is 15.9 Å². The summed E-state index contributed by atoms with van der Waals surface area (Å²) in [6.45, 7) is 0. The number of aromatic nitrogens is 2. The summed E-state index contributed by atoms with van der Waals surface area (Å²) in [5.74, 6) is 6.66. The first-order valence-electron chi connectivity index (χ1n) is 5.54. The number of nitrogen functional groups attached to an aromatic ring is 1. The van der Waals surface area contributed by atoms with Gasteiger partial charge in [-0.05, 0) is 28.1 Å². The molecule has 0 amide bonds. The largest absolute Gasteiger partial charge is 0.438 e. The Morgan fingerprint density at radius 3 is 2.84 bits per heavy atom. The second-order valence-corrected chi connectivity index (χ2v) is 4.84. The van der Waals surface area contributed by atoms with Crippen molar-refractivity contribution >= 4 is 27.6 Å². The van der Waals surface area contributed by atoms with E-state index in [0.29, 0.717) is 22.1 Å². The van der Waals surface area contributed by atoms with Gasteiger partial charge in [0.2, 0.25) is 11.8 Å². The smallest absolute Gasteiger partial charge is 0.240 e. The first kappa shape index (κ1) is 13.6. The summed E-state index contributed by atoms with van der Waals surface area (Å²) >= 11 is 3.34. The number of ether oxygens (including phenoxy) is 1. The minimum absolute atomic E-state index is 0.293. The first-order valence-corrected chi connectivity index (χ1v) is 6.34. The fourth-order valence-electron chi connectivity index (χ4n) is 1.43. The lowest BCUT2D eigenvalue weighted by molar-refractivity contribution is 0.459. The number of hydrogen-bond acceptors (Lipinski definition) is 6. The number of nitrogens with two attached hydrogens (primary N) is 1. The van der Waals surface area contributed by atoms with Gasteiger partial charge in [-0.25, -0.2) is 10.8 Å². The zero-order chi connectivity index (χ0) is 13.8. The fraction of sp³-hybridized carbons (Fsp3) is 0.167. The molecule has 6 nitrogen and oxygen atoms in total. The molecule has 1 heterocycles. The van der Waals surface area contributed by atoms with E-state index in [1.165, 1.54) is 0 Å². The molecule has 0 saturated heterocycles. The molecule has 7 heteroatoms. The summed E-state index contributed by atoms with van der Waals surface area (Å²) in [6, 6.07) is 7.69. The Morgan fingerprint density at radius 1 is 1.37 bits per heavy atom. The zero-order valence-electron chi connectivity index (χ0n) is 10.6. The van der Waals surface area contributed by atoms with Gasteiger partial charge in [-0.3, -0.25) is 5.43 Å². The lowest BCUT2D eigenvalue weighted by Gasteiger charge is -2.14. The minimum atomic E-state index is 0.293. The van der Waals surface area contributed by atoms with Crippen LogP contribution in [0.15, 0.2) is 34.9 Å². The highest BCUT2D eigenvalue weighted by Crippen LogP contribution is 2.29. The van der Waals surface area contributed by atoms with E-state index < -0.39 is 0 Å². The predicted molar refractivity (Wildman–Crippen MR) is 78.4 cm³/mol. The second kappa shape index (κ2) is 5.85. The molecule has 2 aromatic rings. The maximum absolute atomic E-state index is 5.72. The summed E-state index contributed by atoms with van der Waals surface area (Å²) in [5, 5.41) is 0. The van der Waals surface area contributed by atoms with Crippen LogP contribution in [0.2, 0.25) is 0 Å². The van der Waals surface area contributed by atoms with E-state index in [9.17, 15) is 0 Å².